The van der Waals surface area contributed by atoms with Crippen molar-refractivity contribution in [2.75, 3.05) is 37.7 Å². The van der Waals surface area contributed by atoms with E-state index in [1.54, 1.807) is 0 Å². The third-order valence-corrected chi connectivity index (χ3v) is 6.65. The maximum absolute atomic E-state index is 12.1. The Morgan fingerprint density at radius 3 is 2.18 bits per heavy atom. The SMILES string of the molecule is CCCN1CCN(CCc2ccccc2)[C@H]2CS(=O)(=O)C[C@H]21. The van der Waals surface area contributed by atoms with E-state index in [1.165, 1.54) is 5.56 Å². The van der Waals surface area contributed by atoms with E-state index < -0.39 is 9.84 Å². The van der Waals surface area contributed by atoms with Crippen LogP contribution in [0.1, 0.15) is 18.9 Å². The molecular formula is C17H26N2O2S. The smallest absolute Gasteiger partial charge is 0.153 e. The Morgan fingerprint density at radius 1 is 1.00 bits per heavy atom. The molecule has 0 radical (unpaired) electrons. The molecule has 22 heavy (non-hydrogen) atoms. The largest absolute Gasteiger partial charge is 0.297 e. The van der Waals surface area contributed by atoms with E-state index in [2.05, 4.69) is 41.0 Å². The van der Waals surface area contributed by atoms with E-state index in [0.717, 1.165) is 39.0 Å². The molecule has 1 aromatic carbocycles. The Labute approximate surface area is 134 Å². The van der Waals surface area contributed by atoms with Gasteiger partial charge in [0.15, 0.2) is 9.84 Å². The fourth-order valence-electron chi connectivity index (χ4n) is 3.86. The molecule has 0 N–H and O–H groups in total. The standard InChI is InChI=1S/C17H26N2O2S/c1-2-9-18-11-12-19(10-8-15-6-4-3-5-7-15)17-14-22(20,21)13-16(17)18/h3-7,16-17H,2,8-14H2,1H3/t16-,17+/m1/s1. The Balaban J connectivity index is 1.68. The molecule has 0 aromatic heterocycles. The van der Waals surface area contributed by atoms with Gasteiger partial charge in [-0.1, -0.05) is 37.3 Å². The van der Waals surface area contributed by atoms with E-state index >= 15 is 0 Å². The summed E-state index contributed by atoms with van der Waals surface area (Å²) in [4.78, 5) is 4.81. The van der Waals surface area contributed by atoms with Crippen molar-refractivity contribution in [2.24, 2.45) is 0 Å². The van der Waals surface area contributed by atoms with Crippen LogP contribution in [0.25, 0.3) is 0 Å². The first-order valence-corrected chi connectivity index (χ1v) is 10.1. The van der Waals surface area contributed by atoms with E-state index in [4.69, 9.17) is 0 Å². The molecule has 0 bridgehead atoms. The van der Waals surface area contributed by atoms with Gasteiger partial charge in [0, 0.05) is 31.7 Å². The van der Waals surface area contributed by atoms with Crippen LogP contribution in [0.5, 0.6) is 0 Å². The second-order valence-corrected chi connectivity index (χ2v) is 8.67. The third-order valence-electron chi connectivity index (χ3n) is 4.95. The highest BCUT2D eigenvalue weighted by molar-refractivity contribution is 7.91. The van der Waals surface area contributed by atoms with Crippen LogP contribution in [0, 0.1) is 0 Å². The molecule has 3 rings (SSSR count). The van der Waals surface area contributed by atoms with Gasteiger partial charge < -0.3 is 0 Å². The summed E-state index contributed by atoms with van der Waals surface area (Å²) in [5.74, 6) is 0.687. The highest BCUT2D eigenvalue weighted by Gasteiger charge is 2.45. The molecular weight excluding hydrogens is 296 g/mol. The van der Waals surface area contributed by atoms with Gasteiger partial charge in [0.25, 0.3) is 0 Å². The van der Waals surface area contributed by atoms with Gasteiger partial charge in [0.1, 0.15) is 0 Å². The topological polar surface area (TPSA) is 40.6 Å². The average molecular weight is 322 g/mol. The lowest BCUT2D eigenvalue weighted by Gasteiger charge is -2.44. The Morgan fingerprint density at radius 2 is 1.59 bits per heavy atom. The lowest BCUT2D eigenvalue weighted by atomic mass is 10.0. The molecule has 0 unspecified atom stereocenters. The molecule has 0 aliphatic carbocycles. The van der Waals surface area contributed by atoms with Crippen molar-refractivity contribution < 1.29 is 8.42 Å². The first-order chi connectivity index (χ1) is 10.6. The lowest BCUT2D eigenvalue weighted by molar-refractivity contribution is 0.0464. The summed E-state index contributed by atoms with van der Waals surface area (Å²) in [6.07, 6.45) is 2.09. The number of hydrogen-bond donors (Lipinski definition) is 0. The monoisotopic (exact) mass is 322 g/mol. The zero-order valence-corrected chi connectivity index (χ0v) is 14.1. The first kappa shape index (κ1) is 16.0. The molecule has 2 aliphatic heterocycles. The van der Waals surface area contributed by atoms with Gasteiger partial charge in [-0.05, 0) is 24.9 Å². The lowest BCUT2D eigenvalue weighted by Crippen LogP contribution is -2.59. The van der Waals surface area contributed by atoms with Gasteiger partial charge >= 0.3 is 0 Å². The van der Waals surface area contributed by atoms with Gasteiger partial charge in [0.2, 0.25) is 0 Å². The molecule has 1 aromatic rings. The summed E-state index contributed by atoms with van der Waals surface area (Å²) in [7, 11) is -2.88. The number of hydrogen-bond acceptors (Lipinski definition) is 4. The highest BCUT2D eigenvalue weighted by Crippen LogP contribution is 2.27. The van der Waals surface area contributed by atoms with E-state index in [1.807, 2.05) is 6.07 Å². The van der Waals surface area contributed by atoms with Crippen molar-refractivity contribution in [2.45, 2.75) is 31.8 Å². The number of benzene rings is 1. The van der Waals surface area contributed by atoms with Crippen molar-refractivity contribution in [3.05, 3.63) is 35.9 Å². The first-order valence-electron chi connectivity index (χ1n) is 8.31. The fourth-order valence-corrected chi connectivity index (χ4v) is 5.90. The zero-order valence-electron chi connectivity index (χ0n) is 13.3. The van der Waals surface area contributed by atoms with Crippen molar-refractivity contribution in [3.8, 4) is 0 Å². The molecule has 0 amide bonds. The third kappa shape index (κ3) is 3.53. The second-order valence-electron chi connectivity index (χ2n) is 6.52. The molecule has 2 atom stereocenters. The maximum atomic E-state index is 12.1. The van der Waals surface area contributed by atoms with Gasteiger partial charge in [0.05, 0.1) is 11.5 Å². The maximum Gasteiger partial charge on any atom is 0.153 e. The van der Waals surface area contributed by atoms with Crippen LogP contribution in [0.4, 0.5) is 0 Å². The molecule has 2 aliphatic rings. The van der Waals surface area contributed by atoms with Crippen molar-refractivity contribution >= 4 is 9.84 Å². The van der Waals surface area contributed by atoms with Crippen LogP contribution in [-0.4, -0.2) is 68.0 Å². The number of nitrogens with zero attached hydrogens (tertiary/aromatic N) is 2. The number of fused-ring (bicyclic) bond motifs is 1. The summed E-state index contributed by atoms with van der Waals surface area (Å²) in [6.45, 7) is 6.13. The zero-order chi connectivity index (χ0) is 15.6. The predicted octanol–water partition coefficient (Wildman–Crippen LogP) is 1.42. The molecule has 4 nitrogen and oxygen atoms in total. The van der Waals surface area contributed by atoms with Crippen LogP contribution in [-0.2, 0) is 16.3 Å². The Bertz CT molecular complexity index is 588. The van der Waals surface area contributed by atoms with Crippen LogP contribution < -0.4 is 0 Å². The highest BCUT2D eigenvalue weighted by atomic mass is 32.2. The number of rotatable bonds is 5. The summed E-state index contributed by atoms with van der Waals surface area (Å²) >= 11 is 0. The van der Waals surface area contributed by atoms with Crippen LogP contribution in [0.15, 0.2) is 30.3 Å². The molecule has 5 heteroatoms. The quantitative estimate of drug-likeness (QED) is 0.822. The molecule has 2 saturated heterocycles. The molecule has 2 fully saturated rings. The van der Waals surface area contributed by atoms with Crippen molar-refractivity contribution in [1.82, 2.24) is 9.80 Å². The van der Waals surface area contributed by atoms with Gasteiger partial charge in [-0.15, -0.1) is 0 Å². The van der Waals surface area contributed by atoms with Crippen LogP contribution in [0.2, 0.25) is 0 Å². The molecule has 0 spiro atoms. The van der Waals surface area contributed by atoms with E-state index in [9.17, 15) is 8.42 Å². The number of sulfone groups is 1. The minimum absolute atomic E-state index is 0.189. The second kappa shape index (κ2) is 6.69. The average Bonchev–Trinajstić information content (AvgIpc) is 2.83. The summed E-state index contributed by atoms with van der Waals surface area (Å²) in [5.41, 5.74) is 1.33. The summed E-state index contributed by atoms with van der Waals surface area (Å²) in [6, 6.07) is 10.9. The summed E-state index contributed by atoms with van der Waals surface area (Å²) in [5, 5.41) is 0. The minimum Gasteiger partial charge on any atom is -0.297 e. The fraction of sp³-hybridized carbons (Fsp3) is 0.647. The van der Waals surface area contributed by atoms with E-state index in [0.29, 0.717) is 11.5 Å². The molecule has 2 heterocycles. The predicted molar refractivity (Wildman–Crippen MR) is 89.8 cm³/mol. The molecule has 0 saturated carbocycles. The van der Waals surface area contributed by atoms with Crippen LogP contribution in [0.3, 0.4) is 0 Å². The van der Waals surface area contributed by atoms with Gasteiger partial charge in [-0.3, -0.25) is 9.80 Å². The van der Waals surface area contributed by atoms with Gasteiger partial charge in [-0.2, -0.15) is 0 Å². The minimum atomic E-state index is -2.88. The van der Waals surface area contributed by atoms with Crippen molar-refractivity contribution in [3.63, 3.8) is 0 Å². The van der Waals surface area contributed by atoms with E-state index in [-0.39, 0.29) is 12.1 Å². The van der Waals surface area contributed by atoms with Crippen LogP contribution >= 0.6 is 0 Å². The normalized spacial score (nSPS) is 28.6. The van der Waals surface area contributed by atoms with Gasteiger partial charge in [-0.25, -0.2) is 8.42 Å². The summed E-state index contributed by atoms with van der Waals surface area (Å²) < 4.78 is 24.2. The molecule has 122 valence electrons. The van der Waals surface area contributed by atoms with Crippen molar-refractivity contribution in [1.29, 1.82) is 0 Å². The Hall–Kier alpha value is -0.910. The Kier molecular flexibility index (Phi) is 4.85. The number of piperazine rings is 1.